The fourth-order valence-corrected chi connectivity index (χ4v) is 3.58. The fraction of sp³-hybridized carbons (Fsp3) is 0.353. The Morgan fingerprint density at radius 1 is 1.35 bits per heavy atom. The van der Waals surface area contributed by atoms with Gasteiger partial charge in [-0.25, -0.2) is 0 Å². The summed E-state index contributed by atoms with van der Waals surface area (Å²) in [6, 6.07) is 7.29. The summed E-state index contributed by atoms with van der Waals surface area (Å²) < 4.78 is 10.6. The van der Waals surface area contributed by atoms with Crippen molar-refractivity contribution >= 4 is 17.2 Å². The number of ether oxygens (including phenoxy) is 2. The number of carbonyl (C=O) groups is 1. The summed E-state index contributed by atoms with van der Waals surface area (Å²) in [5.41, 5.74) is 0.735. The molecule has 6 heteroatoms. The van der Waals surface area contributed by atoms with Gasteiger partial charge < -0.3 is 19.9 Å². The van der Waals surface area contributed by atoms with Crippen LogP contribution >= 0.6 is 11.3 Å². The summed E-state index contributed by atoms with van der Waals surface area (Å²) in [5, 5.41) is 15.6. The first-order chi connectivity index (χ1) is 11.1. The van der Waals surface area contributed by atoms with Crippen LogP contribution in [0.3, 0.4) is 0 Å². The molecule has 0 radical (unpaired) electrons. The van der Waals surface area contributed by atoms with Crippen LogP contribution in [0.2, 0.25) is 0 Å². The molecule has 0 saturated heterocycles. The second kappa shape index (κ2) is 6.22. The van der Waals surface area contributed by atoms with Crippen LogP contribution in [0.1, 0.15) is 27.2 Å². The van der Waals surface area contributed by atoms with E-state index in [1.54, 1.807) is 26.4 Å². The van der Waals surface area contributed by atoms with Crippen LogP contribution in [0.5, 0.6) is 11.5 Å². The summed E-state index contributed by atoms with van der Waals surface area (Å²) in [5.74, 6) is 1.07. The van der Waals surface area contributed by atoms with Gasteiger partial charge in [0.2, 0.25) is 0 Å². The maximum atomic E-state index is 12.1. The summed E-state index contributed by atoms with van der Waals surface area (Å²) in [6.45, 7) is 0.173. The highest BCUT2D eigenvalue weighted by molar-refractivity contribution is 7.12. The molecular formula is C17H19NO4S. The van der Waals surface area contributed by atoms with Crippen LogP contribution in [0.15, 0.2) is 29.6 Å². The van der Waals surface area contributed by atoms with Crippen molar-refractivity contribution in [2.75, 3.05) is 20.8 Å². The van der Waals surface area contributed by atoms with Crippen LogP contribution in [0, 0.1) is 0 Å². The van der Waals surface area contributed by atoms with Gasteiger partial charge in [0.1, 0.15) is 5.60 Å². The van der Waals surface area contributed by atoms with Crippen molar-refractivity contribution < 1.29 is 19.4 Å². The normalized spacial score (nSPS) is 19.3. The minimum Gasteiger partial charge on any atom is -0.493 e. The van der Waals surface area contributed by atoms with Gasteiger partial charge in [0.05, 0.1) is 25.6 Å². The molecule has 23 heavy (non-hydrogen) atoms. The van der Waals surface area contributed by atoms with Crippen LogP contribution < -0.4 is 14.8 Å². The van der Waals surface area contributed by atoms with Gasteiger partial charge in [0.15, 0.2) is 11.5 Å². The topological polar surface area (TPSA) is 67.8 Å². The van der Waals surface area contributed by atoms with Crippen molar-refractivity contribution in [2.24, 2.45) is 0 Å². The smallest absolute Gasteiger partial charge is 0.261 e. The number of nitrogens with one attached hydrogen (secondary N) is 1. The molecule has 1 atom stereocenters. The number of hydrogen-bond acceptors (Lipinski definition) is 5. The molecule has 1 aliphatic rings. The number of hydrogen-bond donors (Lipinski definition) is 2. The first-order valence-electron chi connectivity index (χ1n) is 7.37. The predicted octanol–water partition coefficient (Wildman–Crippen LogP) is 2.33. The van der Waals surface area contributed by atoms with E-state index in [1.165, 1.54) is 11.3 Å². The number of methoxy groups -OCH3 is 2. The first-order valence-corrected chi connectivity index (χ1v) is 8.25. The predicted molar refractivity (Wildman–Crippen MR) is 88.4 cm³/mol. The molecule has 0 saturated carbocycles. The van der Waals surface area contributed by atoms with E-state index in [9.17, 15) is 9.90 Å². The highest BCUT2D eigenvalue weighted by Gasteiger charge is 2.38. The standard InChI is InChI=1S/C17H19NO4S/c1-21-13-8-11-5-6-17(20,12(11)9-14(13)22-2)10-18-16(19)15-4-3-7-23-15/h3-4,7-9,20H,5-6,10H2,1-2H3,(H,18,19). The number of rotatable bonds is 5. The lowest BCUT2D eigenvalue weighted by molar-refractivity contribution is 0.0368. The summed E-state index contributed by atoms with van der Waals surface area (Å²) in [7, 11) is 3.16. The molecule has 1 unspecified atom stereocenters. The highest BCUT2D eigenvalue weighted by Crippen LogP contribution is 2.42. The molecule has 1 aromatic carbocycles. The quantitative estimate of drug-likeness (QED) is 0.881. The lowest BCUT2D eigenvalue weighted by atomic mass is 9.95. The monoisotopic (exact) mass is 333 g/mol. The molecule has 2 N–H and O–H groups in total. The number of amides is 1. The molecule has 2 aromatic rings. The van der Waals surface area contributed by atoms with Gasteiger partial charge in [-0.3, -0.25) is 4.79 Å². The molecule has 0 fully saturated rings. The van der Waals surface area contributed by atoms with Crippen LogP contribution in [-0.2, 0) is 12.0 Å². The largest absolute Gasteiger partial charge is 0.493 e. The van der Waals surface area contributed by atoms with Gasteiger partial charge in [0.25, 0.3) is 5.91 Å². The molecule has 1 aromatic heterocycles. The number of aryl methyl sites for hydroxylation is 1. The average Bonchev–Trinajstić information content (AvgIpc) is 3.21. The fourth-order valence-electron chi connectivity index (χ4n) is 2.94. The molecule has 1 aliphatic carbocycles. The number of benzene rings is 1. The van der Waals surface area contributed by atoms with Crippen molar-refractivity contribution in [3.05, 3.63) is 45.6 Å². The summed E-state index contributed by atoms with van der Waals surface area (Å²) in [4.78, 5) is 12.7. The molecule has 122 valence electrons. The van der Waals surface area contributed by atoms with E-state index in [4.69, 9.17) is 9.47 Å². The van der Waals surface area contributed by atoms with Crippen LogP contribution in [-0.4, -0.2) is 31.8 Å². The first kappa shape index (κ1) is 15.8. The van der Waals surface area contributed by atoms with E-state index in [0.29, 0.717) is 22.8 Å². The van der Waals surface area contributed by atoms with Crippen LogP contribution in [0.4, 0.5) is 0 Å². The van der Waals surface area contributed by atoms with Gasteiger partial charge in [-0.2, -0.15) is 0 Å². The molecule has 0 aliphatic heterocycles. The van der Waals surface area contributed by atoms with Crippen LogP contribution in [0.25, 0.3) is 0 Å². The van der Waals surface area contributed by atoms with Gasteiger partial charge in [-0.05, 0) is 47.5 Å². The van der Waals surface area contributed by atoms with Crippen molar-refractivity contribution in [2.45, 2.75) is 18.4 Å². The second-order valence-corrected chi connectivity index (χ2v) is 6.50. The Kier molecular flexibility index (Phi) is 4.28. The van der Waals surface area contributed by atoms with Gasteiger partial charge in [0, 0.05) is 0 Å². The Bertz CT molecular complexity index is 714. The molecular weight excluding hydrogens is 314 g/mol. The molecule has 1 amide bonds. The van der Waals surface area contributed by atoms with E-state index in [1.807, 2.05) is 17.5 Å². The zero-order valence-electron chi connectivity index (χ0n) is 13.1. The van der Waals surface area contributed by atoms with E-state index < -0.39 is 5.60 Å². The van der Waals surface area contributed by atoms with Gasteiger partial charge >= 0.3 is 0 Å². The maximum absolute atomic E-state index is 12.1. The van der Waals surface area contributed by atoms with Gasteiger partial charge in [-0.15, -0.1) is 11.3 Å². The SMILES string of the molecule is COc1cc2c(cc1OC)C(O)(CNC(=O)c1cccs1)CC2. The number of carbonyl (C=O) groups excluding carboxylic acids is 1. The number of fused-ring (bicyclic) bond motifs is 1. The molecule has 5 nitrogen and oxygen atoms in total. The Hall–Kier alpha value is -2.05. The minimum atomic E-state index is -1.08. The van der Waals surface area contributed by atoms with E-state index in [-0.39, 0.29) is 12.5 Å². The Balaban J connectivity index is 1.81. The summed E-state index contributed by atoms with van der Waals surface area (Å²) >= 11 is 1.38. The van der Waals surface area contributed by atoms with Crippen molar-refractivity contribution in [3.8, 4) is 11.5 Å². The minimum absolute atomic E-state index is 0.164. The van der Waals surface area contributed by atoms with E-state index in [2.05, 4.69) is 5.32 Å². The Morgan fingerprint density at radius 2 is 2.09 bits per heavy atom. The lowest BCUT2D eigenvalue weighted by Gasteiger charge is -2.25. The third-order valence-electron chi connectivity index (χ3n) is 4.21. The molecule has 0 bridgehead atoms. The lowest BCUT2D eigenvalue weighted by Crippen LogP contribution is -2.39. The molecule has 0 spiro atoms. The molecule has 3 rings (SSSR count). The third kappa shape index (κ3) is 2.92. The number of aliphatic hydroxyl groups is 1. The third-order valence-corrected chi connectivity index (χ3v) is 5.07. The Morgan fingerprint density at radius 3 is 2.74 bits per heavy atom. The van der Waals surface area contributed by atoms with E-state index in [0.717, 1.165) is 17.5 Å². The van der Waals surface area contributed by atoms with Gasteiger partial charge in [-0.1, -0.05) is 6.07 Å². The summed E-state index contributed by atoms with van der Waals surface area (Å²) in [6.07, 6.45) is 1.30. The highest BCUT2D eigenvalue weighted by atomic mass is 32.1. The zero-order valence-corrected chi connectivity index (χ0v) is 13.9. The van der Waals surface area contributed by atoms with E-state index >= 15 is 0 Å². The second-order valence-electron chi connectivity index (χ2n) is 5.56. The maximum Gasteiger partial charge on any atom is 0.261 e. The number of thiophene rings is 1. The van der Waals surface area contributed by atoms with Crippen molar-refractivity contribution in [1.82, 2.24) is 5.32 Å². The average molecular weight is 333 g/mol. The zero-order chi connectivity index (χ0) is 16.4. The van der Waals surface area contributed by atoms with Crippen molar-refractivity contribution in [3.63, 3.8) is 0 Å². The Labute approximate surface area is 138 Å². The molecule has 1 heterocycles. The van der Waals surface area contributed by atoms with Crippen molar-refractivity contribution in [1.29, 1.82) is 0 Å².